The third-order valence-corrected chi connectivity index (χ3v) is 4.72. The SMILES string of the molecule is CN=C(NCCc1cc(F)cc(F)c1)NCc1cc(F)ccc1CS(C)(=O)=O.I. The molecule has 0 aliphatic carbocycles. The van der Waals surface area contributed by atoms with Crippen molar-refractivity contribution in [3.05, 3.63) is 70.5 Å². The second kappa shape index (κ2) is 11.4. The Morgan fingerprint density at radius 2 is 1.62 bits per heavy atom. The first-order valence-corrected chi connectivity index (χ1v) is 10.6. The average molecular weight is 541 g/mol. The van der Waals surface area contributed by atoms with Gasteiger partial charge in [0.15, 0.2) is 15.8 Å². The molecule has 0 atom stereocenters. The molecule has 29 heavy (non-hydrogen) atoms. The maximum atomic E-state index is 13.6. The number of halogens is 4. The number of hydrogen-bond acceptors (Lipinski definition) is 3. The van der Waals surface area contributed by atoms with Crippen molar-refractivity contribution in [1.82, 2.24) is 10.6 Å². The minimum Gasteiger partial charge on any atom is -0.356 e. The Bertz CT molecular complexity index is 949. The van der Waals surface area contributed by atoms with Gasteiger partial charge in [-0.2, -0.15) is 0 Å². The van der Waals surface area contributed by atoms with Gasteiger partial charge >= 0.3 is 0 Å². The molecule has 0 bridgehead atoms. The van der Waals surface area contributed by atoms with Crippen LogP contribution in [0.2, 0.25) is 0 Å². The van der Waals surface area contributed by atoms with E-state index in [1.807, 2.05) is 0 Å². The zero-order valence-corrected chi connectivity index (χ0v) is 19.2. The predicted molar refractivity (Wildman–Crippen MR) is 119 cm³/mol. The molecule has 0 heterocycles. The highest BCUT2D eigenvalue weighted by Crippen LogP contribution is 2.14. The number of nitrogens with zero attached hydrogens (tertiary/aromatic N) is 1. The normalized spacial score (nSPS) is 11.7. The van der Waals surface area contributed by atoms with Crippen LogP contribution < -0.4 is 10.6 Å². The van der Waals surface area contributed by atoms with E-state index >= 15 is 0 Å². The number of nitrogens with one attached hydrogen (secondary N) is 2. The maximum absolute atomic E-state index is 13.6. The zero-order chi connectivity index (χ0) is 20.7. The molecular formula is C19H23F3IN3O2S. The van der Waals surface area contributed by atoms with Crippen molar-refractivity contribution in [2.75, 3.05) is 19.8 Å². The van der Waals surface area contributed by atoms with Gasteiger partial charge in [0.05, 0.1) is 5.75 Å². The topological polar surface area (TPSA) is 70.6 Å². The van der Waals surface area contributed by atoms with Crippen LogP contribution in [0.1, 0.15) is 16.7 Å². The van der Waals surface area contributed by atoms with Gasteiger partial charge in [-0.05, 0) is 47.4 Å². The summed E-state index contributed by atoms with van der Waals surface area (Å²) >= 11 is 0. The molecule has 2 aromatic carbocycles. The molecular weight excluding hydrogens is 518 g/mol. The van der Waals surface area contributed by atoms with E-state index in [0.29, 0.717) is 35.6 Å². The van der Waals surface area contributed by atoms with Crippen molar-refractivity contribution in [3.8, 4) is 0 Å². The quantitative estimate of drug-likeness (QED) is 0.321. The first kappa shape index (κ1) is 25.2. The van der Waals surface area contributed by atoms with E-state index in [4.69, 9.17) is 0 Å². The van der Waals surface area contributed by atoms with E-state index in [-0.39, 0.29) is 36.3 Å². The van der Waals surface area contributed by atoms with Crippen LogP contribution in [-0.4, -0.2) is 34.2 Å². The van der Waals surface area contributed by atoms with E-state index in [1.54, 1.807) is 7.05 Å². The van der Waals surface area contributed by atoms with Crippen LogP contribution >= 0.6 is 24.0 Å². The second-order valence-electron chi connectivity index (χ2n) is 6.36. The van der Waals surface area contributed by atoms with E-state index in [1.165, 1.54) is 30.3 Å². The standard InChI is InChI=1S/C19H22F3N3O2S.HI/c1-23-19(24-6-5-13-7-17(21)10-18(22)8-13)25-11-15-9-16(20)4-3-14(15)12-28(2,26)27;/h3-4,7-10H,5-6,11-12H2,1-2H3,(H2,23,24,25);1H. The summed E-state index contributed by atoms with van der Waals surface area (Å²) in [6, 6.07) is 7.26. The largest absolute Gasteiger partial charge is 0.356 e. The molecule has 0 fully saturated rings. The number of aliphatic imine (C=N–C) groups is 1. The lowest BCUT2D eigenvalue weighted by atomic mass is 10.1. The van der Waals surface area contributed by atoms with Crippen molar-refractivity contribution in [2.24, 2.45) is 4.99 Å². The number of hydrogen-bond donors (Lipinski definition) is 2. The molecule has 0 aromatic heterocycles. The van der Waals surface area contributed by atoms with Crippen LogP contribution in [0.15, 0.2) is 41.4 Å². The lowest BCUT2D eigenvalue weighted by molar-refractivity contribution is 0.579. The lowest BCUT2D eigenvalue weighted by Gasteiger charge is -2.14. The highest BCUT2D eigenvalue weighted by atomic mass is 127. The molecule has 0 radical (unpaired) electrons. The minimum absolute atomic E-state index is 0. The minimum atomic E-state index is -3.27. The van der Waals surface area contributed by atoms with Gasteiger partial charge in [-0.15, -0.1) is 24.0 Å². The Morgan fingerprint density at radius 1 is 0.966 bits per heavy atom. The smallest absolute Gasteiger partial charge is 0.191 e. The highest BCUT2D eigenvalue weighted by Gasteiger charge is 2.11. The summed E-state index contributed by atoms with van der Waals surface area (Å²) in [5.74, 6) is -1.54. The summed E-state index contributed by atoms with van der Waals surface area (Å²) < 4.78 is 63.1. The molecule has 0 unspecified atom stereocenters. The van der Waals surface area contributed by atoms with Crippen LogP contribution in [0.4, 0.5) is 13.2 Å². The average Bonchev–Trinajstić information content (AvgIpc) is 2.58. The molecule has 0 amide bonds. The molecule has 0 spiro atoms. The number of benzene rings is 2. The van der Waals surface area contributed by atoms with Gasteiger partial charge in [-0.25, -0.2) is 21.6 Å². The van der Waals surface area contributed by atoms with Crippen molar-refractivity contribution in [2.45, 2.75) is 18.7 Å². The molecule has 0 saturated carbocycles. The predicted octanol–water partition coefficient (Wildman–Crippen LogP) is 3.17. The Labute approximate surface area is 185 Å². The third-order valence-electron chi connectivity index (χ3n) is 3.88. The van der Waals surface area contributed by atoms with Gasteiger partial charge < -0.3 is 10.6 Å². The Balaban J connectivity index is 0.00000420. The first-order valence-electron chi connectivity index (χ1n) is 8.51. The van der Waals surface area contributed by atoms with Gasteiger partial charge in [0, 0.05) is 32.5 Å². The monoisotopic (exact) mass is 541 g/mol. The van der Waals surface area contributed by atoms with Crippen molar-refractivity contribution < 1.29 is 21.6 Å². The highest BCUT2D eigenvalue weighted by molar-refractivity contribution is 14.0. The summed E-state index contributed by atoms with van der Waals surface area (Å²) in [6.45, 7) is 0.527. The van der Waals surface area contributed by atoms with Crippen LogP contribution in [0.5, 0.6) is 0 Å². The van der Waals surface area contributed by atoms with Gasteiger partial charge in [0.25, 0.3) is 0 Å². The fourth-order valence-electron chi connectivity index (χ4n) is 2.66. The van der Waals surface area contributed by atoms with E-state index in [9.17, 15) is 21.6 Å². The number of rotatable bonds is 7. The third kappa shape index (κ3) is 9.03. The van der Waals surface area contributed by atoms with Crippen LogP contribution in [0.3, 0.4) is 0 Å². The van der Waals surface area contributed by atoms with Gasteiger partial charge in [-0.1, -0.05) is 6.07 Å². The fraction of sp³-hybridized carbons (Fsp3) is 0.316. The van der Waals surface area contributed by atoms with Crippen LogP contribution in [0, 0.1) is 17.5 Å². The first-order chi connectivity index (χ1) is 13.2. The Kier molecular flexibility index (Phi) is 9.90. The van der Waals surface area contributed by atoms with Gasteiger partial charge in [0.1, 0.15) is 17.5 Å². The zero-order valence-electron chi connectivity index (χ0n) is 16.0. The van der Waals surface area contributed by atoms with E-state index < -0.39 is 27.3 Å². The molecule has 10 heteroatoms. The van der Waals surface area contributed by atoms with Crippen LogP contribution in [-0.2, 0) is 28.6 Å². The molecule has 5 nitrogen and oxygen atoms in total. The summed E-state index contributed by atoms with van der Waals surface area (Å²) in [6.07, 6.45) is 1.48. The number of sulfone groups is 1. The Hall–Kier alpha value is -1.82. The maximum Gasteiger partial charge on any atom is 0.191 e. The summed E-state index contributed by atoms with van der Waals surface area (Å²) in [5.41, 5.74) is 1.50. The second-order valence-corrected chi connectivity index (χ2v) is 8.50. The Morgan fingerprint density at radius 3 is 2.21 bits per heavy atom. The molecule has 160 valence electrons. The summed E-state index contributed by atoms with van der Waals surface area (Å²) in [5, 5.41) is 5.97. The van der Waals surface area contributed by atoms with Crippen molar-refractivity contribution in [1.29, 1.82) is 0 Å². The molecule has 2 aromatic rings. The molecule has 2 N–H and O–H groups in total. The van der Waals surface area contributed by atoms with E-state index in [2.05, 4.69) is 15.6 Å². The van der Waals surface area contributed by atoms with Crippen LogP contribution in [0.25, 0.3) is 0 Å². The molecule has 2 rings (SSSR count). The van der Waals surface area contributed by atoms with Crippen molar-refractivity contribution >= 4 is 39.8 Å². The van der Waals surface area contributed by atoms with Gasteiger partial charge in [0.2, 0.25) is 0 Å². The van der Waals surface area contributed by atoms with E-state index in [0.717, 1.165) is 12.3 Å². The molecule has 0 aliphatic rings. The molecule has 0 saturated heterocycles. The summed E-state index contributed by atoms with van der Waals surface area (Å²) in [4.78, 5) is 4.03. The van der Waals surface area contributed by atoms with Crippen molar-refractivity contribution in [3.63, 3.8) is 0 Å². The van der Waals surface area contributed by atoms with Gasteiger partial charge in [-0.3, -0.25) is 4.99 Å². The summed E-state index contributed by atoms with van der Waals surface area (Å²) in [7, 11) is -1.72. The fourth-order valence-corrected chi connectivity index (χ4v) is 3.51. The molecule has 0 aliphatic heterocycles. The number of guanidine groups is 1. The lowest BCUT2D eigenvalue weighted by Crippen LogP contribution is -2.38.